The fourth-order valence-electron chi connectivity index (χ4n) is 0. The molecule has 7 heavy (non-hydrogen) atoms. The lowest BCUT2D eigenvalue weighted by atomic mass is 12.6. The second-order valence-electron chi connectivity index (χ2n) is 0.634. The van der Waals surface area contributed by atoms with Crippen LogP contribution >= 0.6 is 0 Å². The van der Waals surface area contributed by atoms with Crippen LogP contribution in [0.5, 0.6) is 0 Å². The molecule has 0 N–H and O–H groups in total. The molecule has 0 aliphatic heterocycles. The van der Waals surface area contributed by atoms with E-state index in [1.165, 1.54) is 0 Å². The SMILES string of the molecule is FN(F)[N+](F)(F)F. The lowest BCUT2D eigenvalue weighted by Gasteiger charge is -1.92. The second-order valence-corrected chi connectivity index (χ2v) is 0.634. The van der Waals surface area contributed by atoms with Crippen LogP contribution in [0.1, 0.15) is 0 Å². The van der Waals surface area contributed by atoms with Gasteiger partial charge >= 0.3 is 10.7 Å². The van der Waals surface area contributed by atoms with Crippen molar-refractivity contribution < 1.29 is 27.7 Å². The molecule has 0 atom stereocenters. The van der Waals surface area contributed by atoms with E-state index in [1.54, 1.807) is 0 Å². The first-order chi connectivity index (χ1) is 2.94. The Morgan fingerprint density at radius 1 is 1.00 bits per heavy atom. The predicted molar refractivity (Wildman–Crippen MR) is 7.64 cm³/mol. The summed E-state index contributed by atoms with van der Waals surface area (Å²) in [5, 5.41) is -4.94. The van der Waals surface area contributed by atoms with E-state index in [0.29, 0.717) is 0 Å². The van der Waals surface area contributed by atoms with Crippen LogP contribution in [0.25, 0.3) is 0 Å². The Labute approximate surface area is 34.6 Å². The number of quaternary nitrogens is 1. The van der Waals surface area contributed by atoms with Crippen molar-refractivity contribution in [1.82, 2.24) is 5.45 Å². The molecule has 0 unspecified atom stereocenters. The fourth-order valence-corrected chi connectivity index (χ4v) is 0. The van der Waals surface area contributed by atoms with Crippen molar-refractivity contribution in [3.63, 3.8) is 0 Å². The minimum Gasteiger partial charge on any atom is -0.0376 e. The van der Waals surface area contributed by atoms with Gasteiger partial charge in [-0.2, -0.15) is 0 Å². The fraction of sp³-hybridized carbons (Fsp3) is 0. The highest BCUT2D eigenvalue weighted by Crippen LogP contribution is 2.16. The number of nitrogens with zero attached hydrogens (tertiary/aromatic N) is 2. The predicted octanol–water partition coefficient (Wildman–Crippen LogP) is 1.44. The first-order valence-electron chi connectivity index (χ1n) is 1.05. The number of hydrogen-bond acceptors (Lipinski definition) is 1. The third-order valence-corrected chi connectivity index (χ3v) is 0.171. The highest BCUT2D eigenvalue weighted by Gasteiger charge is 2.44. The van der Waals surface area contributed by atoms with Crippen LogP contribution < -0.4 is 0 Å². The Morgan fingerprint density at radius 3 is 1.14 bits per heavy atom. The molecule has 44 valence electrons. The maximum Gasteiger partial charge on any atom is 0.385 e. The summed E-state index contributed by atoms with van der Waals surface area (Å²) in [5.41, 5.74) is -2.88. The first kappa shape index (κ1) is 6.57. The summed E-state index contributed by atoms with van der Waals surface area (Å²) in [6.07, 6.45) is 0. The summed E-state index contributed by atoms with van der Waals surface area (Å²) >= 11 is 0. The van der Waals surface area contributed by atoms with Crippen molar-refractivity contribution in [2.45, 2.75) is 0 Å². The maximum atomic E-state index is 10.3. The van der Waals surface area contributed by atoms with E-state index < -0.39 is 10.7 Å². The van der Waals surface area contributed by atoms with Crippen LogP contribution in [-0.2, 0) is 0 Å². The van der Waals surface area contributed by atoms with E-state index in [4.69, 9.17) is 0 Å². The highest BCUT2D eigenvalue weighted by atomic mass is 19.6. The summed E-state index contributed by atoms with van der Waals surface area (Å²) < 4.78 is 51.3. The van der Waals surface area contributed by atoms with Crippen molar-refractivity contribution in [2.75, 3.05) is 0 Å². The third kappa shape index (κ3) is 2.29. The van der Waals surface area contributed by atoms with Gasteiger partial charge in [0.1, 0.15) is 13.4 Å². The summed E-state index contributed by atoms with van der Waals surface area (Å²) in [4.78, 5) is 0. The largest absolute Gasteiger partial charge is 0.385 e. The Morgan fingerprint density at radius 2 is 1.14 bits per heavy atom. The zero-order valence-electron chi connectivity index (χ0n) is 2.78. The lowest BCUT2D eigenvalue weighted by molar-refractivity contribution is -1.37. The van der Waals surface area contributed by atoms with Gasteiger partial charge in [-0.1, -0.05) is 0 Å². The number of hydrogen-bond donors (Lipinski definition) is 0. The number of rotatable bonds is 1. The van der Waals surface area contributed by atoms with Crippen LogP contribution in [0.3, 0.4) is 0 Å². The highest BCUT2D eigenvalue weighted by molar-refractivity contribution is 3.33. The van der Waals surface area contributed by atoms with Gasteiger partial charge in [-0.05, 0) is 8.96 Å². The van der Waals surface area contributed by atoms with E-state index in [9.17, 15) is 22.4 Å². The molecule has 0 heterocycles. The normalized spacial score (nSPS) is 12.9. The Kier molecular flexibility index (Phi) is 1.49. The molecular formula is F5N2+. The first-order valence-corrected chi connectivity index (χ1v) is 1.05. The van der Waals surface area contributed by atoms with Crippen LogP contribution in [0, 0.1) is 0 Å². The van der Waals surface area contributed by atoms with E-state index in [2.05, 4.69) is 0 Å². The molecule has 0 bridgehead atoms. The van der Waals surface area contributed by atoms with E-state index in [0.717, 1.165) is 0 Å². The molecule has 0 aliphatic rings. The van der Waals surface area contributed by atoms with Gasteiger partial charge in [0.25, 0.3) is 0 Å². The van der Waals surface area contributed by atoms with E-state index in [1.807, 2.05) is 0 Å². The van der Waals surface area contributed by atoms with Gasteiger partial charge in [-0.25, -0.2) is 0 Å². The quantitative estimate of drug-likeness (QED) is 0.289. The minimum absolute atomic E-state index is 2.88. The topological polar surface area (TPSA) is 3.24 Å². The molecular weight excluding hydrogens is 123 g/mol. The van der Waals surface area contributed by atoms with Crippen molar-refractivity contribution in [3.05, 3.63) is 0 Å². The average Bonchev–Trinajstić information content (AvgIpc) is 1.31. The number of halogens is 5. The van der Waals surface area contributed by atoms with Crippen LogP contribution in [0.15, 0.2) is 0 Å². The van der Waals surface area contributed by atoms with Crippen molar-refractivity contribution in [3.8, 4) is 0 Å². The molecule has 0 spiro atoms. The molecule has 0 aromatic heterocycles. The Balaban J connectivity index is 3.54. The van der Waals surface area contributed by atoms with Crippen LogP contribution in [-0.4, -0.2) is 10.7 Å². The van der Waals surface area contributed by atoms with Crippen molar-refractivity contribution >= 4 is 0 Å². The molecule has 2 nitrogen and oxygen atoms in total. The zero-order valence-corrected chi connectivity index (χ0v) is 2.78. The van der Waals surface area contributed by atoms with Gasteiger partial charge in [0.15, 0.2) is 0 Å². The molecule has 0 saturated carbocycles. The summed E-state index contributed by atoms with van der Waals surface area (Å²) in [6, 6.07) is 0. The molecule has 7 heteroatoms. The van der Waals surface area contributed by atoms with Gasteiger partial charge in [0.05, 0.1) is 0 Å². The van der Waals surface area contributed by atoms with Crippen molar-refractivity contribution in [2.24, 2.45) is 0 Å². The van der Waals surface area contributed by atoms with E-state index >= 15 is 0 Å². The van der Waals surface area contributed by atoms with Gasteiger partial charge in [-0.15, -0.1) is 0 Å². The van der Waals surface area contributed by atoms with Gasteiger partial charge < -0.3 is 0 Å². The molecule has 0 rings (SSSR count). The van der Waals surface area contributed by atoms with Crippen LogP contribution in [0.2, 0.25) is 0 Å². The van der Waals surface area contributed by atoms with E-state index in [-0.39, 0.29) is 0 Å². The van der Waals surface area contributed by atoms with Gasteiger partial charge in [-0.3, -0.25) is 0 Å². The Bertz CT molecular complexity index is 51.6. The molecule has 0 aromatic carbocycles. The third-order valence-electron chi connectivity index (χ3n) is 0.171. The monoisotopic (exact) mass is 123 g/mol. The maximum absolute atomic E-state index is 10.3. The van der Waals surface area contributed by atoms with Crippen molar-refractivity contribution in [1.29, 1.82) is 0 Å². The summed E-state index contributed by atoms with van der Waals surface area (Å²) in [5.74, 6) is 0. The zero-order chi connectivity index (χ0) is 6.08. The molecule has 0 fully saturated rings. The second kappa shape index (κ2) is 1.58. The molecule has 0 aliphatic carbocycles. The average molecular weight is 123 g/mol. The van der Waals surface area contributed by atoms with Gasteiger partial charge in [0, 0.05) is 0 Å². The summed E-state index contributed by atoms with van der Waals surface area (Å²) in [6.45, 7) is 0. The molecule has 0 amide bonds. The molecule has 0 aromatic rings. The van der Waals surface area contributed by atoms with Gasteiger partial charge in [0.2, 0.25) is 0 Å². The lowest BCUT2D eigenvalue weighted by Crippen LogP contribution is -2.27. The Hall–Kier alpha value is -0.430. The molecule has 0 saturated heterocycles. The summed E-state index contributed by atoms with van der Waals surface area (Å²) in [7, 11) is 0. The van der Waals surface area contributed by atoms with Crippen LogP contribution in [0.4, 0.5) is 22.4 Å². The molecule has 0 radical (unpaired) electrons. The minimum atomic E-state index is -4.94. The smallest absolute Gasteiger partial charge is 0.0376 e. The standard InChI is InChI=1S/F5N2/c1-6(2)7(3,4)5/q+1.